The molecule has 0 unspecified atom stereocenters. The van der Waals surface area contributed by atoms with Gasteiger partial charge in [-0.15, -0.1) is 11.3 Å². The van der Waals surface area contributed by atoms with E-state index in [4.69, 9.17) is 33.7 Å². The summed E-state index contributed by atoms with van der Waals surface area (Å²) in [7, 11) is 0. The Bertz CT molecular complexity index is 897. The predicted molar refractivity (Wildman–Crippen MR) is 103 cm³/mol. The molecule has 2 aromatic carbocycles. The van der Waals surface area contributed by atoms with Crippen LogP contribution in [0.3, 0.4) is 0 Å². The third kappa shape index (κ3) is 4.63. The van der Waals surface area contributed by atoms with Gasteiger partial charge >= 0.3 is 0 Å². The van der Waals surface area contributed by atoms with Crippen molar-refractivity contribution in [2.75, 3.05) is 17.7 Å². The second-order valence-electron chi connectivity index (χ2n) is 5.07. The molecule has 5 nitrogen and oxygen atoms in total. The van der Waals surface area contributed by atoms with Crippen LogP contribution in [-0.2, 0) is 4.79 Å². The number of nitrogens with zero attached hydrogens (tertiary/aromatic N) is 1. The highest BCUT2D eigenvalue weighted by Gasteiger charge is 2.10. The molecule has 3 aromatic rings. The zero-order valence-corrected chi connectivity index (χ0v) is 15.2. The minimum atomic E-state index is -0.329. The normalized spacial score (nSPS) is 10.5. The zero-order chi connectivity index (χ0) is 17.8. The number of amides is 1. The molecule has 1 heterocycles. The van der Waals surface area contributed by atoms with Crippen LogP contribution in [0.15, 0.2) is 47.8 Å². The first-order chi connectivity index (χ1) is 12.0. The van der Waals surface area contributed by atoms with Crippen LogP contribution >= 0.6 is 34.5 Å². The second kappa shape index (κ2) is 7.74. The summed E-state index contributed by atoms with van der Waals surface area (Å²) in [6.07, 6.45) is 0. The third-order valence-electron chi connectivity index (χ3n) is 3.21. The fourth-order valence-corrected chi connectivity index (χ4v) is 3.21. The maximum Gasteiger partial charge on any atom is 0.264 e. The lowest BCUT2D eigenvalue weighted by Crippen LogP contribution is -2.20. The molecule has 0 saturated heterocycles. The quantitative estimate of drug-likeness (QED) is 0.614. The summed E-state index contributed by atoms with van der Waals surface area (Å²) in [6.45, 7) is -0.182. The molecule has 25 heavy (non-hydrogen) atoms. The smallest absolute Gasteiger partial charge is 0.264 e. The van der Waals surface area contributed by atoms with Gasteiger partial charge in [0.05, 0.1) is 10.7 Å². The summed E-state index contributed by atoms with van der Waals surface area (Å²) >= 11 is 13.1. The number of halogens is 2. The van der Waals surface area contributed by atoms with Crippen LogP contribution in [0.4, 0.5) is 10.8 Å². The lowest BCUT2D eigenvalue weighted by molar-refractivity contribution is -0.118. The monoisotopic (exact) mass is 393 g/mol. The number of nitrogen functional groups attached to an aromatic ring is 1. The van der Waals surface area contributed by atoms with Crippen LogP contribution in [0.1, 0.15) is 0 Å². The van der Waals surface area contributed by atoms with Gasteiger partial charge in [0, 0.05) is 21.7 Å². The number of benzene rings is 2. The molecule has 1 aromatic heterocycles. The van der Waals surface area contributed by atoms with Crippen molar-refractivity contribution < 1.29 is 9.53 Å². The Morgan fingerprint density at radius 2 is 1.96 bits per heavy atom. The fraction of sp³-hybridized carbons (Fsp3) is 0.0588. The Morgan fingerprint density at radius 3 is 2.68 bits per heavy atom. The van der Waals surface area contributed by atoms with E-state index in [2.05, 4.69) is 10.3 Å². The van der Waals surface area contributed by atoms with Crippen LogP contribution in [0, 0.1) is 0 Å². The summed E-state index contributed by atoms with van der Waals surface area (Å²) < 4.78 is 5.39. The number of anilines is 2. The molecule has 0 saturated carbocycles. The number of ether oxygens (including phenoxy) is 1. The molecule has 0 spiro atoms. The highest BCUT2D eigenvalue weighted by Crippen LogP contribution is 2.28. The van der Waals surface area contributed by atoms with Gasteiger partial charge in [0.15, 0.2) is 11.7 Å². The maximum atomic E-state index is 12.0. The summed E-state index contributed by atoms with van der Waals surface area (Å²) in [5.41, 5.74) is 8.05. The Balaban J connectivity index is 1.59. The van der Waals surface area contributed by atoms with Gasteiger partial charge in [0.1, 0.15) is 5.75 Å². The molecule has 0 fully saturated rings. The van der Waals surface area contributed by atoms with Gasteiger partial charge in [0.25, 0.3) is 5.91 Å². The molecule has 0 aliphatic rings. The van der Waals surface area contributed by atoms with Crippen molar-refractivity contribution in [3.8, 4) is 17.0 Å². The Hall–Kier alpha value is -2.28. The van der Waals surface area contributed by atoms with Crippen LogP contribution in [-0.4, -0.2) is 17.5 Å². The molecule has 128 valence electrons. The van der Waals surface area contributed by atoms with Crippen molar-refractivity contribution in [1.82, 2.24) is 4.98 Å². The topological polar surface area (TPSA) is 77.2 Å². The first-order valence-electron chi connectivity index (χ1n) is 7.20. The minimum absolute atomic E-state index is 0.182. The number of thiazole rings is 1. The van der Waals surface area contributed by atoms with Crippen molar-refractivity contribution >= 4 is 51.3 Å². The number of carbonyl (C=O) groups excluding carboxylic acids is 1. The molecule has 0 atom stereocenters. The molecule has 0 aliphatic carbocycles. The third-order valence-corrected chi connectivity index (χ3v) is 4.50. The molecular formula is C17H13Cl2N3O2S. The number of nitrogens with two attached hydrogens (primary N) is 1. The Labute approximate surface area is 158 Å². The number of hydrogen-bond acceptors (Lipinski definition) is 5. The summed E-state index contributed by atoms with van der Waals surface area (Å²) in [6, 6.07) is 12.2. The highest BCUT2D eigenvalue weighted by atomic mass is 35.5. The number of aromatic nitrogens is 1. The van der Waals surface area contributed by atoms with E-state index >= 15 is 0 Å². The molecule has 0 radical (unpaired) electrons. The number of rotatable bonds is 5. The van der Waals surface area contributed by atoms with Crippen LogP contribution in [0.25, 0.3) is 11.3 Å². The van der Waals surface area contributed by atoms with Crippen LogP contribution in [0.2, 0.25) is 10.0 Å². The van der Waals surface area contributed by atoms with Crippen LogP contribution in [0.5, 0.6) is 5.75 Å². The molecule has 3 rings (SSSR count). The van der Waals surface area contributed by atoms with Gasteiger partial charge in [-0.3, -0.25) is 10.1 Å². The summed E-state index contributed by atoms with van der Waals surface area (Å²) in [5.74, 6) is 0.0622. The van der Waals surface area contributed by atoms with Gasteiger partial charge < -0.3 is 10.5 Å². The number of nitrogens with one attached hydrogen (secondary N) is 1. The van der Waals surface area contributed by atoms with E-state index in [0.717, 1.165) is 11.3 Å². The lowest BCUT2D eigenvalue weighted by Gasteiger charge is -2.07. The van der Waals surface area contributed by atoms with E-state index in [1.807, 2.05) is 17.5 Å². The number of hydrogen-bond donors (Lipinski definition) is 2. The van der Waals surface area contributed by atoms with Crippen molar-refractivity contribution in [3.63, 3.8) is 0 Å². The van der Waals surface area contributed by atoms with Crippen molar-refractivity contribution in [1.29, 1.82) is 0 Å². The molecule has 8 heteroatoms. The predicted octanol–water partition coefficient (Wildman–Crippen LogP) is 4.72. The average Bonchev–Trinajstić information content (AvgIpc) is 3.03. The maximum absolute atomic E-state index is 12.0. The first-order valence-corrected chi connectivity index (χ1v) is 8.84. The molecule has 1 amide bonds. The Morgan fingerprint density at radius 1 is 1.20 bits per heavy atom. The largest absolute Gasteiger partial charge is 0.482 e. The average molecular weight is 394 g/mol. The van der Waals surface area contributed by atoms with Gasteiger partial charge in [-0.05, 0) is 30.3 Å². The van der Waals surface area contributed by atoms with Gasteiger partial charge in [-0.2, -0.15) is 0 Å². The second-order valence-corrected chi connectivity index (χ2v) is 6.77. The summed E-state index contributed by atoms with van der Waals surface area (Å²) in [4.78, 5) is 16.4. The van der Waals surface area contributed by atoms with E-state index < -0.39 is 0 Å². The standard InChI is InChI=1S/C17H13Cl2N3O2S/c18-11-3-6-15(13(19)7-11)24-8-16(23)22-17-21-14(9-25-17)10-1-4-12(20)5-2-10/h1-7,9H,8,20H2,(H,21,22,23). The zero-order valence-electron chi connectivity index (χ0n) is 12.8. The molecule has 3 N–H and O–H groups in total. The first kappa shape index (κ1) is 17.5. The van der Waals surface area contributed by atoms with Crippen LogP contribution < -0.4 is 15.8 Å². The molecular weight excluding hydrogens is 381 g/mol. The minimum Gasteiger partial charge on any atom is -0.482 e. The molecule has 0 aliphatic heterocycles. The van der Waals surface area contributed by atoms with E-state index in [1.165, 1.54) is 11.3 Å². The van der Waals surface area contributed by atoms with Crippen molar-refractivity contribution in [2.24, 2.45) is 0 Å². The van der Waals surface area contributed by atoms with E-state index in [1.54, 1.807) is 30.3 Å². The SMILES string of the molecule is Nc1ccc(-c2csc(NC(=O)COc3ccc(Cl)cc3Cl)n2)cc1. The van der Waals surface area contributed by atoms with Gasteiger partial charge in [-0.1, -0.05) is 35.3 Å². The highest BCUT2D eigenvalue weighted by molar-refractivity contribution is 7.14. The van der Waals surface area contributed by atoms with Crippen molar-refractivity contribution in [3.05, 3.63) is 57.9 Å². The van der Waals surface area contributed by atoms with E-state index in [0.29, 0.717) is 26.6 Å². The Kier molecular flexibility index (Phi) is 5.43. The van der Waals surface area contributed by atoms with Gasteiger partial charge in [-0.25, -0.2) is 4.98 Å². The summed E-state index contributed by atoms with van der Waals surface area (Å²) in [5, 5.41) is 5.89. The fourth-order valence-electron chi connectivity index (χ4n) is 2.01. The lowest BCUT2D eigenvalue weighted by atomic mass is 10.1. The molecule has 0 bridgehead atoms. The van der Waals surface area contributed by atoms with E-state index in [-0.39, 0.29) is 12.5 Å². The van der Waals surface area contributed by atoms with Crippen molar-refractivity contribution in [2.45, 2.75) is 0 Å². The van der Waals surface area contributed by atoms with E-state index in [9.17, 15) is 4.79 Å². The number of carbonyl (C=O) groups is 1. The van der Waals surface area contributed by atoms with Gasteiger partial charge in [0.2, 0.25) is 0 Å².